The van der Waals surface area contributed by atoms with E-state index in [1.165, 1.54) is 0 Å². The predicted octanol–water partition coefficient (Wildman–Crippen LogP) is 5.67. The maximum absolute atomic E-state index is 15.4. The zero-order valence-electron chi connectivity index (χ0n) is 24.0. The van der Waals surface area contributed by atoms with E-state index in [-0.39, 0.29) is 42.9 Å². The minimum Gasteiger partial charge on any atom is -0.356 e. The van der Waals surface area contributed by atoms with Crippen LogP contribution in [0.15, 0.2) is 42.5 Å². The van der Waals surface area contributed by atoms with E-state index in [9.17, 15) is 14.4 Å². The molecule has 0 fully saturated rings. The van der Waals surface area contributed by atoms with Crippen LogP contribution in [0, 0.1) is 11.8 Å². The van der Waals surface area contributed by atoms with Crippen LogP contribution < -0.4 is 16.0 Å². The lowest BCUT2D eigenvalue weighted by molar-refractivity contribution is -0.130. The molecule has 0 saturated carbocycles. The summed E-state index contributed by atoms with van der Waals surface area (Å²) in [5.41, 5.74) is -0.499. The molecule has 0 saturated heterocycles. The highest BCUT2D eigenvalue weighted by Crippen LogP contribution is 2.26. The number of benzene rings is 2. The summed E-state index contributed by atoms with van der Waals surface area (Å²) in [5.74, 6) is -1.63. The summed E-state index contributed by atoms with van der Waals surface area (Å²) >= 11 is 0. The molecule has 0 heterocycles. The van der Waals surface area contributed by atoms with Gasteiger partial charge in [0.25, 0.3) is 0 Å². The van der Waals surface area contributed by atoms with Gasteiger partial charge in [-0.1, -0.05) is 89.9 Å². The van der Waals surface area contributed by atoms with Crippen molar-refractivity contribution in [2.45, 2.75) is 90.9 Å². The average Bonchev–Trinajstić information content (AvgIpc) is 2.89. The van der Waals surface area contributed by atoms with Crippen molar-refractivity contribution in [1.82, 2.24) is 16.0 Å². The third-order valence-electron chi connectivity index (χ3n) is 7.06. The molecule has 9 heteroatoms. The molecular weight excluding hydrogens is 516 g/mol. The molecule has 2 aromatic rings. The topological polar surface area (TPSA) is 87.3 Å². The molecule has 2 rings (SSSR count). The van der Waals surface area contributed by atoms with Gasteiger partial charge in [0.1, 0.15) is 6.04 Å². The molecule has 39 heavy (non-hydrogen) atoms. The van der Waals surface area contributed by atoms with Crippen molar-refractivity contribution in [2.75, 3.05) is 6.54 Å². The van der Waals surface area contributed by atoms with Gasteiger partial charge in [-0.2, -0.15) is 0 Å². The second-order valence-corrected chi connectivity index (χ2v) is 13.7. The Morgan fingerprint density at radius 2 is 1.62 bits per heavy atom. The highest BCUT2D eigenvalue weighted by Gasteiger charge is 2.46. The summed E-state index contributed by atoms with van der Waals surface area (Å²) in [6, 6.07) is 12.2. The van der Waals surface area contributed by atoms with Gasteiger partial charge in [-0.05, 0) is 41.0 Å². The van der Waals surface area contributed by atoms with E-state index in [1.807, 2.05) is 77.1 Å². The monoisotopic (exact) mass is 561 g/mol. The van der Waals surface area contributed by atoms with Crippen LogP contribution in [0.4, 0.5) is 8.22 Å². The number of hydrogen-bond acceptors (Lipinski definition) is 3. The summed E-state index contributed by atoms with van der Waals surface area (Å²) in [6.45, 7) is 9.85. The van der Waals surface area contributed by atoms with E-state index < -0.39 is 32.4 Å². The lowest BCUT2D eigenvalue weighted by Crippen LogP contribution is -2.58. The largest absolute Gasteiger partial charge is 0.446 e. The Balaban J connectivity index is 2.09. The van der Waals surface area contributed by atoms with Gasteiger partial charge in [0, 0.05) is 19.0 Å². The first-order valence-electron chi connectivity index (χ1n) is 14.2. The summed E-state index contributed by atoms with van der Waals surface area (Å²) in [5, 5.41) is 10.2. The number of rotatable bonds is 16. The van der Waals surface area contributed by atoms with Crippen molar-refractivity contribution in [3.63, 3.8) is 0 Å². The van der Waals surface area contributed by atoms with Crippen LogP contribution in [0.5, 0.6) is 0 Å². The molecule has 0 aliphatic rings. The van der Waals surface area contributed by atoms with Gasteiger partial charge >= 0.3 is 8.74 Å². The molecule has 0 bridgehead atoms. The van der Waals surface area contributed by atoms with E-state index in [1.54, 1.807) is 0 Å². The summed E-state index contributed by atoms with van der Waals surface area (Å²) in [4.78, 5) is 38.4. The molecule has 3 N–H and O–H groups in total. The maximum Gasteiger partial charge on any atom is 0.446 e. The molecule has 0 aromatic heterocycles. The average molecular weight is 562 g/mol. The molecule has 3 atom stereocenters. The van der Waals surface area contributed by atoms with Crippen LogP contribution in [0.1, 0.15) is 72.3 Å². The third-order valence-corrected chi connectivity index (χ3v) is 9.38. The van der Waals surface area contributed by atoms with Crippen molar-refractivity contribution < 1.29 is 22.6 Å². The highest BCUT2D eigenvalue weighted by molar-refractivity contribution is 6.68. The van der Waals surface area contributed by atoms with Gasteiger partial charge in [-0.25, -0.2) is 0 Å². The fourth-order valence-electron chi connectivity index (χ4n) is 4.48. The number of hydrogen-bond donors (Lipinski definition) is 3. The number of amides is 3. The summed E-state index contributed by atoms with van der Waals surface area (Å²) in [7, 11) is -4.99. The number of unbranched alkanes of at least 4 members (excludes halogenated alkanes) is 1. The SMILES string of the molecule is CCCCNC(=O)CC[Si](F)(F)[C@H](CC(C)C)NC(=O)[C@@H](NC(=O)Cc1ccc2ccccc2c1)[C@@H](C)CC. The third kappa shape index (κ3) is 10.7. The molecule has 0 spiro atoms. The van der Waals surface area contributed by atoms with Crippen LogP contribution in [-0.2, 0) is 20.8 Å². The first-order valence-corrected chi connectivity index (χ1v) is 16.2. The highest BCUT2D eigenvalue weighted by atomic mass is 28.4. The van der Waals surface area contributed by atoms with Crippen molar-refractivity contribution in [3.8, 4) is 0 Å². The van der Waals surface area contributed by atoms with Crippen LogP contribution in [0.25, 0.3) is 10.8 Å². The Morgan fingerprint density at radius 1 is 0.923 bits per heavy atom. The van der Waals surface area contributed by atoms with Crippen LogP contribution in [0.3, 0.4) is 0 Å². The molecule has 0 aliphatic heterocycles. The standard InChI is InChI=1S/C30H45F2N3O3Si/c1-6-8-16-33-26(36)15-17-39(31,32)28(18-21(3)4)35-30(38)29(22(5)7-2)34-27(37)20-23-13-14-24-11-9-10-12-25(24)19-23/h9-14,19,21-22,28-29H,6-8,15-18,20H2,1-5H3,(H,33,36)(H,34,37)(H,35,38)/t22-,28+,29-/m0/s1. The molecule has 0 radical (unpaired) electrons. The molecule has 216 valence electrons. The minimum atomic E-state index is -4.99. The number of carbonyl (C=O) groups is 3. The van der Waals surface area contributed by atoms with Crippen LogP contribution in [-0.4, -0.2) is 44.7 Å². The van der Waals surface area contributed by atoms with Gasteiger partial charge in [0.2, 0.25) is 17.7 Å². The number of fused-ring (bicyclic) bond motifs is 1. The molecule has 3 amide bonds. The second-order valence-electron chi connectivity index (χ2n) is 10.9. The molecular formula is C30H45F2N3O3Si. The lowest BCUT2D eigenvalue weighted by atomic mass is 9.97. The Bertz CT molecular complexity index is 1100. The Labute approximate surface area is 233 Å². The van der Waals surface area contributed by atoms with Crippen molar-refractivity contribution >= 4 is 37.2 Å². The Morgan fingerprint density at radius 3 is 2.26 bits per heavy atom. The normalized spacial score (nSPS) is 14.1. The van der Waals surface area contributed by atoms with E-state index in [0.717, 1.165) is 29.2 Å². The second kappa shape index (κ2) is 15.7. The zero-order valence-corrected chi connectivity index (χ0v) is 25.0. The maximum atomic E-state index is 15.4. The van der Waals surface area contributed by atoms with E-state index in [4.69, 9.17) is 0 Å². The van der Waals surface area contributed by atoms with Crippen LogP contribution >= 0.6 is 0 Å². The number of carbonyl (C=O) groups excluding carboxylic acids is 3. The van der Waals surface area contributed by atoms with E-state index >= 15 is 8.22 Å². The fourth-order valence-corrected chi connectivity index (χ4v) is 6.56. The number of nitrogens with one attached hydrogen (secondary N) is 3. The minimum absolute atomic E-state index is 0.0726. The molecule has 6 nitrogen and oxygen atoms in total. The molecule has 0 aliphatic carbocycles. The molecule has 2 aromatic carbocycles. The Kier molecular flexibility index (Phi) is 13.0. The quantitative estimate of drug-likeness (QED) is 0.140. The first-order chi connectivity index (χ1) is 18.5. The first kappa shape index (κ1) is 32.4. The van der Waals surface area contributed by atoms with Gasteiger partial charge in [-0.15, -0.1) is 0 Å². The number of halogens is 2. The van der Waals surface area contributed by atoms with Crippen molar-refractivity contribution in [2.24, 2.45) is 11.8 Å². The van der Waals surface area contributed by atoms with Gasteiger partial charge in [-0.3, -0.25) is 22.6 Å². The van der Waals surface area contributed by atoms with Gasteiger partial charge < -0.3 is 16.0 Å². The summed E-state index contributed by atoms with van der Waals surface area (Å²) in [6.07, 6.45) is 2.23. The van der Waals surface area contributed by atoms with Crippen molar-refractivity contribution in [3.05, 3.63) is 48.0 Å². The van der Waals surface area contributed by atoms with E-state index in [0.29, 0.717) is 13.0 Å². The summed E-state index contributed by atoms with van der Waals surface area (Å²) < 4.78 is 30.9. The van der Waals surface area contributed by atoms with Gasteiger partial charge in [0.15, 0.2) is 0 Å². The lowest BCUT2D eigenvalue weighted by Gasteiger charge is -2.30. The van der Waals surface area contributed by atoms with Crippen molar-refractivity contribution in [1.29, 1.82) is 0 Å². The van der Waals surface area contributed by atoms with Crippen LogP contribution in [0.2, 0.25) is 6.04 Å². The zero-order chi connectivity index (χ0) is 29.0. The van der Waals surface area contributed by atoms with Gasteiger partial charge in [0.05, 0.1) is 12.1 Å². The smallest absolute Gasteiger partial charge is 0.356 e. The Hall–Kier alpha value is -2.81. The fraction of sp³-hybridized carbons (Fsp3) is 0.567. The molecule has 0 unspecified atom stereocenters. The van der Waals surface area contributed by atoms with E-state index in [2.05, 4.69) is 16.0 Å². The predicted molar refractivity (Wildman–Crippen MR) is 156 cm³/mol.